The second-order valence-electron chi connectivity index (χ2n) is 9.40. The number of anilines is 1. The minimum atomic E-state index is -3.59. The summed E-state index contributed by atoms with van der Waals surface area (Å²) in [7, 11) is -3.59. The van der Waals surface area contributed by atoms with Gasteiger partial charge in [-0.2, -0.15) is 4.31 Å². The Morgan fingerprint density at radius 1 is 0.639 bits per heavy atom. The van der Waals surface area contributed by atoms with Crippen LogP contribution in [0, 0.1) is 0 Å². The zero-order valence-electron chi connectivity index (χ0n) is 22.2. The summed E-state index contributed by atoms with van der Waals surface area (Å²) in [4.78, 5) is 2.66. The van der Waals surface area contributed by atoms with Gasteiger partial charge in [-0.25, -0.2) is 8.42 Å². The summed E-state index contributed by atoms with van der Waals surface area (Å²) in [5.41, 5.74) is 4.52. The molecule has 0 aliphatic carbocycles. The molecule has 0 atom stereocenters. The lowest BCUT2D eigenvalue weighted by atomic mass is 10.1. The van der Waals surface area contributed by atoms with E-state index in [1.54, 1.807) is 16.4 Å². The van der Waals surface area contributed by atoms with E-state index in [1.165, 1.54) is 24.1 Å². The van der Waals surface area contributed by atoms with Crippen LogP contribution < -0.4 is 4.90 Å². The van der Waals surface area contributed by atoms with E-state index in [0.717, 1.165) is 49.9 Å². The summed E-state index contributed by atoms with van der Waals surface area (Å²) in [5, 5.41) is 0. The Bertz CT molecular complexity index is 1120. The van der Waals surface area contributed by atoms with Gasteiger partial charge in [-0.15, -0.1) is 0 Å². The van der Waals surface area contributed by atoms with Crippen molar-refractivity contribution in [1.29, 1.82) is 0 Å². The molecule has 0 fully saturated rings. The first kappa shape index (κ1) is 27.9. The van der Waals surface area contributed by atoms with Crippen molar-refractivity contribution < 1.29 is 8.42 Å². The van der Waals surface area contributed by atoms with E-state index in [-0.39, 0.29) is 0 Å². The molecule has 0 unspecified atom stereocenters. The summed E-state index contributed by atoms with van der Waals surface area (Å²) in [6, 6.07) is 26.0. The highest BCUT2D eigenvalue weighted by Gasteiger charge is 2.24. The lowest BCUT2D eigenvalue weighted by Crippen LogP contribution is -2.31. The van der Waals surface area contributed by atoms with Crippen molar-refractivity contribution in [2.75, 3.05) is 24.5 Å². The fourth-order valence-electron chi connectivity index (χ4n) is 4.54. The highest BCUT2D eigenvalue weighted by molar-refractivity contribution is 7.89. The number of hydrogen-bond donors (Lipinski definition) is 0. The minimum absolute atomic E-state index is 0.368. The third-order valence-electron chi connectivity index (χ3n) is 6.75. The number of sulfonamides is 1. The quantitative estimate of drug-likeness (QED) is 0.203. The zero-order chi connectivity index (χ0) is 25.8. The Morgan fingerprint density at radius 2 is 1.22 bits per heavy atom. The molecule has 0 N–H and O–H groups in total. The van der Waals surface area contributed by atoms with E-state index in [4.69, 9.17) is 0 Å². The van der Waals surface area contributed by atoms with Crippen molar-refractivity contribution in [3.05, 3.63) is 95.6 Å². The first-order valence-electron chi connectivity index (χ1n) is 13.4. The first-order valence-corrected chi connectivity index (χ1v) is 14.9. The maximum absolute atomic E-state index is 13.7. The molecule has 0 radical (unpaired) electrons. The summed E-state index contributed by atoms with van der Waals surface area (Å²) < 4.78 is 29.1. The SMILES string of the molecule is CCCCCCCN(Cc1ccc(N(CC)CC)cc1)S(=O)(=O)c1ccc(Cc2ccccc2)cc1. The van der Waals surface area contributed by atoms with Crippen molar-refractivity contribution in [3.8, 4) is 0 Å². The molecule has 0 saturated heterocycles. The number of unbranched alkanes of at least 4 members (excludes halogenated alkanes) is 4. The third kappa shape index (κ3) is 7.94. The highest BCUT2D eigenvalue weighted by Crippen LogP contribution is 2.23. The van der Waals surface area contributed by atoms with Gasteiger partial charge in [-0.05, 0) is 67.6 Å². The van der Waals surface area contributed by atoms with Gasteiger partial charge < -0.3 is 4.90 Å². The lowest BCUT2D eigenvalue weighted by Gasteiger charge is -2.24. The van der Waals surface area contributed by atoms with Crippen LogP contribution in [0.5, 0.6) is 0 Å². The van der Waals surface area contributed by atoms with Gasteiger partial charge in [0.25, 0.3) is 0 Å². The molecule has 3 rings (SSSR count). The van der Waals surface area contributed by atoms with E-state index in [9.17, 15) is 8.42 Å². The summed E-state index contributed by atoms with van der Waals surface area (Å²) in [6.07, 6.45) is 6.25. The summed E-state index contributed by atoms with van der Waals surface area (Å²) in [5.74, 6) is 0. The predicted octanol–water partition coefficient (Wildman–Crippen LogP) is 7.28. The molecule has 4 nitrogen and oxygen atoms in total. The fourth-order valence-corrected chi connectivity index (χ4v) is 6.01. The van der Waals surface area contributed by atoms with Gasteiger partial charge in [0.1, 0.15) is 0 Å². The molecule has 36 heavy (non-hydrogen) atoms. The van der Waals surface area contributed by atoms with E-state index in [0.29, 0.717) is 18.0 Å². The van der Waals surface area contributed by atoms with Crippen molar-refractivity contribution in [3.63, 3.8) is 0 Å². The van der Waals surface area contributed by atoms with Crippen LogP contribution in [0.15, 0.2) is 83.8 Å². The monoisotopic (exact) mass is 506 g/mol. The zero-order valence-corrected chi connectivity index (χ0v) is 23.0. The molecule has 3 aromatic rings. The van der Waals surface area contributed by atoms with Crippen LogP contribution in [0.4, 0.5) is 5.69 Å². The van der Waals surface area contributed by atoms with Gasteiger partial charge >= 0.3 is 0 Å². The number of rotatable bonds is 15. The summed E-state index contributed by atoms with van der Waals surface area (Å²) in [6.45, 7) is 9.32. The highest BCUT2D eigenvalue weighted by atomic mass is 32.2. The summed E-state index contributed by atoms with van der Waals surface area (Å²) >= 11 is 0. The average molecular weight is 507 g/mol. The maximum atomic E-state index is 13.7. The molecule has 194 valence electrons. The van der Waals surface area contributed by atoms with Crippen LogP contribution in [0.25, 0.3) is 0 Å². The molecule has 0 spiro atoms. The molecular weight excluding hydrogens is 464 g/mol. The Morgan fingerprint density at radius 3 is 1.83 bits per heavy atom. The predicted molar refractivity (Wildman–Crippen MR) is 152 cm³/mol. The van der Waals surface area contributed by atoms with Gasteiger partial charge in [-0.1, -0.05) is 87.2 Å². The van der Waals surface area contributed by atoms with Gasteiger partial charge in [0.2, 0.25) is 10.0 Å². The second kappa shape index (κ2) is 14.2. The van der Waals surface area contributed by atoms with E-state index in [2.05, 4.69) is 62.1 Å². The standard InChI is InChI=1S/C31H42N2O2S/c1-4-7-8-9-13-24-33(26-29-16-20-30(21-17-29)32(5-2)6-3)36(34,35)31-22-18-28(19-23-31)25-27-14-11-10-12-15-27/h10-12,14-23H,4-9,13,24-26H2,1-3H3. The topological polar surface area (TPSA) is 40.6 Å². The van der Waals surface area contributed by atoms with Crippen molar-refractivity contribution in [1.82, 2.24) is 4.31 Å². The van der Waals surface area contributed by atoms with Crippen LogP contribution in [-0.4, -0.2) is 32.4 Å². The van der Waals surface area contributed by atoms with E-state index in [1.807, 2.05) is 30.3 Å². The number of benzene rings is 3. The number of nitrogens with zero attached hydrogens (tertiary/aromatic N) is 2. The Balaban J connectivity index is 1.76. The molecule has 0 bridgehead atoms. The third-order valence-corrected chi connectivity index (χ3v) is 8.61. The average Bonchev–Trinajstić information content (AvgIpc) is 2.90. The molecule has 3 aromatic carbocycles. The Labute approximate surface area is 219 Å². The van der Waals surface area contributed by atoms with Crippen molar-refractivity contribution in [2.45, 2.75) is 70.7 Å². The van der Waals surface area contributed by atoms with Crippen molar-refractivity contribution >= 4 is 15.7 Å². The molecule has 5 heteroatoms. The smallest absolute Gasteiger partial charge is 0.243 e. The van der Waals surface area contributed by atoms with Crippen LogP contribution in [-0.2, 0) is 23.0 Å². The molecular formula is C31H42N2O2S. The van der Waals surface area contributed by atoms with Crippen LogP contribution in [0.2, 0.25) is 0 Å². The van der Waals surface area contributed by atoms with Gasteiger partial charge in [0.05, 0.1) is 4.90 Å². The number of hydrogen-bond acceptors (Lipinski definition) is 3. The maximum Gasteiger partial charge on any atom is 0.243 e. The lowest BCUT2D eigenvalue weighted by molar-refractivity contribution is 0.392. The molecule has 0 aromatic heterocycles. The molecule has 0 saturated carbocycles. The van der Waals surface area contributed by atoms with E-state index < -0.39 is 10.0 Å². The molecule has 0 aliphatic rings. The largest absolute Gasteiger partial charge is 0.372 e. The Hall–Kier alpha value is -2.63. The fraction of sp³-hybridized carbons (Fsp3) is 0.419. The van der Waals surface area contributed by atoms with Crippen LogP contribution in [0.1, 0.15) is 69.6 Å². The normalized spacial score (nSPS) is 11.7. The Kier molecular flexibility index (Phi) is 11.0. The molecule has 0 amide bonds. The second-order valence-corrected chi connectivity index (χ2v) is 11.3. The minimum Gasteiger partial charge on any atom is -0.372 e. The molecule has 0 heterocycles. The van der Waals surface area contributed by atoms with Crippen LogP contribution in [0.3, 0.4) is 0 Å². The first-order chi connectivity index (χ1) is 17.5. The van der Waals surface area contributed by atoms with Crippen LogP contribution >= 0.6 is 0 Å². The van der Waals surface area contributed by atoms with Crippen molar-refractivity contribution in [2.24, 2.45) is 0 Å². The van der Waals surface area contributed by atoms with Gasteiger partial charge in [0.15, 0.2) is 0 Å². The van der Waals surface area contributed by atoms with Gasteiger partial charge in [-0.3, -0.25) is 0 Å². The molecule has 0 aliphatic heterocycles. The van der Waals surface area contributed by atoms with Gasteiger partial charge in [0, 0.05) is 31.9 Å². The van der Waals surface area contributed by atoms with E-state index >= 15 is 0 Å².